The van der Waals surface area contributed by atoms with Crippen molar-refractivity contribution in [1.29, 1.82) is 0 Å². The third kappa shape index (κ3) is 4.71. The Labute approximate surface area is 275 Å². The Balaban J connectivity index is 0.000000173. The van der Waals surface area contributed by atoms with Gasteiger partial charge in [-0.2, -0.15) is 18.2 Å². The summed E-state index contributed by atoms with van der Waals surface area (Å²) < 4.78 is 6.52. The van der Waals surface area contributed by atoms with Gasteiger partial charge in [0.2, 0.25) is 6.33 Å². The first kappa shape index (κ1) is 28.9. The number of para-hydroxylation sites is 4. The smallest absolute Gasteiger partial charge is 0.363 e. The van der Waals surface area contributed by atoms with E-state index in [1.807, 2.05) is 23.9 Å². The average molecular weight is 759 g/mol. The van der Waals surface area contributed by atoms with E-state index in [1.165, 1.54) is 54.8 Å². The molecule has 218 valence electrons. The zero-order valence-electron chi connectivity index (χ0n) is 25.5. The largest absolute Gasteiger partial charge is 3.00 e. The molecule has 0 N–H and O–H groups in total. The van der Waals surface area contributed by atoms with Gasteiger partial charge in [0.25, 0.3) is 0 Å². The Morgan fingerprint density at radius 3 is 2.18 bits per heavy atom. The fraction of sp³-hybridized carbons (Fsp3) is 0.100. The van der Waals surface area contributed by atoms with Crippen LogP contribution in [0.15, 0.2) is 109 Å². The molecule has 0 radical (unpaired) electrons. The van der Waals surface area contributed by atoms with Crippen molar-refractivity contribution in [3.05, 3.63) is 144 Å². The van der Waals surface area contributed by atoms with Gasteiger partial charge in [-0.15, -0.1) is 40.8 Å². The molecule has 0 aliphatic carbocycles. The molecule has 4 aromatic heterocycles. The molecule has 9 rings (SSSR count). The molecule has 5 aromatic carbocycles. The van der Waals surface area contributed by atoms with Gasteiger partial charge in [0, 0.05) is 28.0 Å². The number of aromatic nitrogens is 4. The molecular formula is C40H30IrN4+. The van der Waals surface area contributed by atoms with Gasteiger partial charge in [0.1, 0.15) is 0 Å². The van der Waals surface area contributed by atoms with E-state index in [9.17, 15) is 0 Å². The number of imidazole rings is 1. The van der Waals surface area contributed by atoms with Crippen LogP contribution in [0.3, 0.4) is 0 Å². The summed E-state index contributed by atoms with van der Waals surface area (Å²) in [6.07, 6.45) is 5.34. The van der Waals surface area contributed by atoms with E-state index in [-0.39, 0.29) is 20.1 Å². The van der Waals surface area contributed by atoms with E-state index in [0.717, 1.165) is 28.0 Å². The zero-order valence-corrected chi connectivity index (χ0v) is 27.9. The standard InChI is InChI=1S/C26H16N3.C14H14N.Ir/c1-27-16-28(25-12-5-4-11-24(25)27)17-13-14-23-21(15-17)20-9-6-8-19-18-7-2-3-10-22(18)29(23)26(19)20;1-10-4-6-13(7-5-10)14-8-11(2)12(3)9-15-14;/h2-12,14-15H,1H3;4-6,8-9H,1-3H3;/q2*-1;+3. The summed E-state index contributed by atoms with van der Waals surface area (Å²) in [4.78, 5) is 4.41. The van der Waals surface area contributed by atoms with E-state index in [1.54, 1.807) is 0 Å². The van der Waals surface area contributed by atoms with Crippen LogP contribution in [-0.2, 0) is 27.2 Å². The Bertz CT molecular complexity index is 2480. The van der Waals surface area contributed by atoms with Crippen LogP contribution in [0.4, 0.5) is 0 Å². The zero-order chi connectivity index (χ0) is 29.9. The predicted octanol–water partition coefficient (Wildman–Crippen LogP) is 8.68. The first-order chi connectivity index (χ1) is 21.5. The monoisotopic (exact) mass is 759 g/mol. The van der Waals surface area contributed by atoms with Gasteiger partial charge in [0.15, 0.2) is 0 Å². The van der Waals surface area contributed by atoms with Crippen molar-refractivity contribution in [2.75, 3.05) is 0 Å². The van der Waals surface area contributed by atoms with Crippen molar-refractivity contribution < 1.29 is 24.7 Å². The molecule has 4 heterocycles. The maximum atomic E-state index is 4.41. The summed E-state index contributed by atoms with van der Waals surface area (Å²) in [5, 5.41) is 5.14. The maximum absolute atomic E-state index is 4.41. The molecule has 0 atom stereocenters. The molecule has 9 aromatic rings. The molecule has 0 saturated heterocycles. The quantitative estimate of drug-likeness (QED) is 0.128. The first-order valence-electron chi connectivity index (χ1n) is 14.9. The number of benzene rings is 5. The van der Waals surface area contributed by atoms with E-state index in [0.29, 0.717) is 0 Å². The van der Waals surface area contributed by atoms with Gasteiger partial charge in [0.05, 0.1) is 18.1 Å². The SMILES string of the molecule is C[n+]1[c-]n(-c2[c-]cc3c(c2)c2cccc4c5ccccc5n3c24)c2ccccc21.Cc1c[c-]c(-c2cc(C)c(C)cn2)cc1.[Ir+3]. The Morgan fingerprint density at radius 2 is 1.40 bits per heavy atom. The second kappa shape index (κ2) is 11.3. The molecule has 45 heavy (non-hydrogen) atoms. The molecular weight excluding hydrogens is 729 g/mol. The molecule has 5 heteroatoms. The topological polar surface area (TPSA) is 26.1 Å². The molecule has 0 amide bonds. The number of rotatable bonds is 2. The summed E-state index contributed by atoms with van der Waals surface area (Å²) in [5.41, 5.74) is 12.8. The molecule has 0 aliphatic heterocycles. The van der Waals surface area contributed by atoms with Crippen molar-refractivity contribution in [1.82, 2.24) is 14.0 Å². The number of fused-ring (bicyclic) bond motifs is 7. The van der Waals surface area contributed by atoms with Crippen molar-refractivity contribution in [3.8, 4) is 16.9 Å². The van der Waals surface area contributed by atoms with Crippen LogP contribution in [0.1, 0.15) is 16.7 Å². The molecule has 0 unspecified atom stereocenters. The second-order valence-corrected chi connectivity index (χ2v) is 11.6. The Morgan fingerprint density at radius 1 is 0.667 bits per heavy atom. The van der Waals surface area contributed by atoms with Crippen LogP contribution < -0.4 is 4.57 Å². The summed E-state index contributed by atoms with van der Waals surface area (Å²) >= 11 is 0. The number of hydrogen-bond acceptors (Lipinski definition) is 1. The molecule has 0 bridgehead atoms. The van der Waals surface area contributed by atoms with Gasteiger partial charge in [-0.25, -0.2) is 0 Å². The number of pyridine rings is 1. The van der Waals surface area contributed by atoms with Crippen LogP contribution in [0, 0.1) is 39.2 Å². The van der Waals surface area contributed by atoms with Crippen molar-refractivity contribution >= 4 is 49.1 Å². The van der Waals surface area contributed by atoms with Crippen molar-refractivity contribution in [2.24, 2.45) is 7.05 Å². The molecule has 0 aliphatic rings. The van der Waals surface area contributed by atoms with E-state index < -0.39 is 0 Å². The van der Waals surface area contributed by atoms with Crippen molar-refractivity contribution in [3.63, 3.8) is 0 Å². The molecule has 0 saturated carbocycles. The van der Waals surface area contributed by atoms with Crippen LogP contribution in [-0.4, -0.2) is 14.0 Å². The van der Waals surface area contributed by atoms with Crippen LogP contribution in [0.25, 0.3) is 66.1 Å². The third-order valence-corrected chi connectivity index (χ3v) is 8.73. The minimum Gasteiger partial charge on any atom is -0.363 e. The first-order valence-corrected chi connectivity index (χ1v) is 14.9. The third-order valence-electron chi connectivity index (χ3n) is 8.73. The van der Waals surface area contributed by atoms with E-state index >= 15 is 0 Å². The maximum Gasteiger partial charge on any atom is 3.00 e. The van der Waals surface area contributed by atoms with E-state index in [2.05, 4.69) is 150 Å². The normalized spacial score (nSPS) is 11.4. The number of hydrogen-bond donors (Lipinski definition) is 0. The van der Waals surface area contributed by atoms with Gasteiger partial charge < -0.3 is 18.5 Å². The molecule has 0 spiro atoms. The minimum absolute atomic E-state index is 0. The number of nitrogens with zero attached hydrogens (tertiary/aromatic N) is 4. The fourth-order valence-corrected chi connectivity index (χ4v) is 6.30. The predicted molar refractivity (Wildman–Crippen MR) is 180 cm³/mol. The van der Waals surface area contributed by atoms with Crippen LogP contribution in [0.5, 0.6) is 0 Å². The fourth-order valence-electron chi connectivity index (χ4n) is 6.30. The van der Waals surface area contributed by atoms with Gasteiger partial charge in [-0.1, -0.05) is 90.4 Å². The molecule has 0 fully saturated rings. The van der Waals surface area contributed by atoms with Gasteiger partial charge >= 0.3 is 20.1 Å². The average Bonchev–Trinajstić information content (AvgIpc) is 3.70. The van der Waals surface area contributed by atoms with Gasteiger partial charge in [-0.05, 0) is 36.6 Å². The summed E-state index contributed by atoms with van der Waals surface area (Å²) in [5.74, 6) is 0. The second-order valence-electron chi connectivity index (χ2n) is 11.6. The van der Waals surface area contributed by atoms with E-state index in [4.69, 9.17) is 0 Å². The van der Waals surface area contributed by atoms with Crippen LogP contribution in [0.2, 0.25) is 0 Å². The summed E-state index contributed by atoms with van der Waals surface area (Å²) in [7, 11) is 2.03. The minimum atomic E-state index is 0. The summed E-state index contributed by atoms with van der Waals surface area (Å²) in [6.45, 7) is 6.24. The van der Waals surface area contributed by atoms with Crippen molar-refractivity contribution in [2.45, 2.75) is 20.8 Å². The number of aryl methyl sites for hydroxylation is 4. The Hall–Kier alpha value is -4.83. The Kier molecular flexibility index (Phi) is 7.24. The molecule has 4 nitrogen and oxygen atoms in total. The van der Waals surface area contributed by atoms with Gasteiger partial charge in [-0.3, -0.25) is 0 Å². The van der Waals surface area contributed by atoms with Crippen LogP contribution >= 0.6 is 0 Å². The summed E-state index contributed by atoms with van der Waals surface area (Å²) in [6, 6.07) is 43.0.